The number of nitrogens with one attached hydrogen (secondary N) is 1. The maximum atomic E-state index is 12.5. The molecular formula is C23H29ClN6O5S. The van der Waals surface area contributed by atoms with Crippen LogP contribution in [0.5, 0.6) is 6.01 Å². The lowest BCUT2D eigenvalue weighted by atomic mass is 10.1. The third-order valence-corrected chi connectivity index (χ3v) is 8.27. The Balaban J connectivity index is 1.36. The third kappa shape index (κ3) is 6.06. The summed E-state index contributed by atoms with van der Waals surface area (Å²) in [5, 5.41) is 4.97. The van der Waals surface area contributed by atoms with Crippen molar-refractivity contribution in [3.63, 3.8) is 0 Å². The molecule has 2 fully saturated rings. The zero-order valence-corrected chi connectivity index (χ0v) is 21.4. The van der Waals surface area contributed by atoms with E-state index in [1.54, 1.807) is 12.1 Å². The van der Waals surface area contributed by atoms with Crippen LogP contribution in [0, 0.1) is 0 Å². The Bertz CT molecular complexity index is 1220. The number of ether oxygens (including phenoxy) is 3. The number of hydrogen-bond donors (Lipinski definition) is 1. The second-order valence-corrected chi connectivity index (χ2v) is 11.2. The molecule has 1 N–H and O–H groups in total. The van der Waals surface area contributed by atoms with Gasteiger partial charge in [0.2, 0.25) is 0 Å². The zero-order chi connectivity index (χ0) is 25.0. The van der Waals surface area contributed by atoms with Crippen LogP contribution in [0.25, 0.3) is 0 Å². The molecule has 0 unspecified atom stereocenters. The molecule has 5 rings (SSSR count). The van der Waals surface area contributed by atoms with Crippen LogP contribution in [-0.2, 0) is 19.3 Å². The molecule has 36 heavy (non-hydrogen) atoms. The SMILES string of the molecule is O=S1(=O)CCC(=NNc2cc(N3CCOCC3)nc(OCCN3CCOCC3)n2)c2cc(Cl)ccc21. The van der Waals surface area contributed by atoms with Gasteiger partial charge in [0.1, 0.15) is 12.4 Å². The fourth-order valence-electron chi connectivity index (χ4n) is 4.30. The highest BCUT2D eigenvalue weighted by Crippen LogP contribution is 2.28. The number of rotatable bonds is 7. The third-order valence-electron chi connectivity index (χ3n) is 6.27. The van der Waals surface area contributed by atoms with Gasteiger partial charge >= 0.3 is 6.01 Å². The second-order valence-electron chi connectivity index (χ2n) is 8.68. The Labute approximate surface area is 215 Å². The van der Waals surface area contributed by atoms with E-state index in [2.05, 4.69) is 30.3 Å². The summed E-state index contributed by atoms with van der Waals surface area (Å²) in [5.74, 6) is 1.16. The Morgan fingerprint density at radius 3 is 2.58 bits per heavy atom. The molecule has 0 atom stereocenters. The summed E-state index contributed by atoms with van der Waals surface area (Å²) in [5.41, 5.74) is 4.10. The lowest BCUT2D eigenvalue weighted by Gasteiger charge is -2.28. The average Bonchev–Trinajstić information content (AvgIpc) is 2.89. The van der Waals surface area contributed by atoms with Crippen LogP contribution >= 0.6 is 11.6 Å². The van der Waals surface area contributed by atoms with E-state index in [0.717, 1.165) is 32.8 Å². The number of benzene rings is 1. The molecule has 3 aliphatic heterocycles. The lowest BCUT2D eigenvalue weighted by molar-refractivity contribution is 0.0317. The first kappa shape index (κ1) is 25.2. The Morgan fingerprint density at radius 1 is 1.06 bits per heavy atom. The Kier molecular flexibility index (Phi) is 7.87. The van der Waals surface area contributed by atoms with Crippen molar-refractivity contribution in [1.82, 2.24) is 14.9 Å². The van der Waals surface area contributed by atoms with E-state index in [1.807, 2.05) is 6.07 Å². The summed E-state index contributed by atoms with van der Waals surface area (Å²) in [6.07, 6.45) is 0.271. The highest BCUT2D eigenvalue weighted by Gasteiger charge is 2.28. The first-order chi connectivity index (χ1) is 17.5. The molecule has 1 aromatic carbocycles. The van der Waals surface area contributed by atoms with E-state index in [-0.39, 0.29) is 23.1 Å². The molecule has 0 spiro atoms. The fraction of sp³-hybridized carbons (Fsp3) is 0.522. The molecule has 2 saturated heterocycles. The van der Waals surface area contributed by atoms with E-state index < -0.39 is 9.84 Å². The number of halogens is 1. The van der Waals surface area contributed by atoms with Crippen LogP contribution < -0.4 is 15.1 Å². The molecule has 4 heterocycles. The molecule has 0 aliphatic carbocycles. The molecular weight excluding hydrogens is 508 g/mol. The quantitative estimate of drug-likeness (QED) is 0.523. The molecule has 13 heteroatoms. The summed E-state index contributed by atoms with van der Waals surface area (Å²) >= 11 is 6.15. The number of fused-ring (bicyclic) bond motifs is 1. The summed E-state index contributed by atoms with van der Waals surface area (Å²) < 4.78 is 41.8. The normalized spacial score (nSPS) is 21.2. The average molecular weight is 537 g/mol. The van der Waals surface area contributed by atoms with E-state index in [4.69, 9.17) is 25.8 Å². The van der Waals surface area contributed by atoms with Gasteiger partial charge in [-0.1, -0.05) is 11.6 Å². The molecule has 3 aliphatic rings. The summed E-state index contributed by atoms with van der Waals surface area (Å²) in [4.78, 5) is 13.7. The van der Waals surface area contributed by atoms with Crippen molar-refractivity contribution in [1.29, 1.82) is 0 Å². The van der Waals surface area contributed by atoms with Crippen molar-refractivity contribution < 1.29 is 22.6 Å². The van der Waals surface area contributed by atoms with Gasteiger partial charge in [-0.25, -0.2) is 8.42 Å². The molecule has 0 saturated carbocycles. The molecule has 0 bridgehead atoms. The molecule has 1 aromatic heterocycles. The predicted molar refractivity (Wildman–Crippen MR) is 136 cm³/mol. The van der Waals surface area contributed by atoms with Gasteiger partial charge in [0.15, 0.2) is 15.7 Å². The van der Waals surface area contributed by atoms with Gasteiger partial charge in [0.05, 0.1) is 42.8 Å². The first-order valence-corrected chi connectivity index (χ1v) is 14.0. The van der Waals surface area contributed by atoms with Crippen LogP contribution in [0.3, 0.4) is 0 Å². The van der Waals surface area contributed by atoms with Gasteiger partial charge in [-0.2, -0.15) is 15.1 Å². The maximum Gasteiger partial charge on any atom is 0.320 e. The molecule has 11 nitrogen and oxygen atoms in total. The number of aromatic nitrogens is 2. The van der Waals surface area contributed by atoms with Crippen LogP contribution in [0.15, 0.2) is 34.3 Å². The van der Waals surface area contributed by atoms with Gasteiger partial charge in [-0.15, -0.1) is 0 Å². The summed E-state index contributed by atoms with van der Waals surface area (Å²) in [7, 11) is -3.37. The monoisotopic (exact) mass is 536 g/mol. The van der Waals surface area contributed by atoms with Crippen LogP contribution in [0.1, 0.15) is 12.0 Å². The minimum Gasteiger partial charge on any atom is -0.462 e. The number of hydrazone groups is 1. The highest BCUT2D eigenvalue weighted by molar-refractivity contribution is 7.91. The summed E-state index contributed by atoms with van der Waals surface area (Å²) in [6.45, 7) is 7.08. The minimum absolute atomic E-state index is 0.0130. The van der Waals surface area contributed by atoms with Crippen molar-refractivity contribution in [3.8, 4) is 6.01 Å². The minimum atomic E-state index is -3.37. The topological polar surface area (TPSA) is 118 Å². The van der Waals surface area contributed by atoms with E-state index in [9.17, 15) is 8.42 Å². The second kappa shape index (κ2) is 11.3. The van der Waals surface area contributed by atoms with Crippen molar-refractivity contribution in [2.75, 3.05) is 81.8 Å². The number of sulfone groups is 1. The molecule has 0 radical (unpaired) electrons. The van der Waals surface area contributed by atoms with Gasteiger partial charge in [0, 0.05) is 55.8 Å². The number of nitrogens with zero attached hydrogens (tertiary/aromatic N) is 5. The summed E-state index contributed by atoms with van der Waals surface area (Å²) in [6, 6.07) is 6.80. The van der Waals surface area contributed by atoms with E-state index in [1.165, 1.54) is 6.07 Å². The van der Waals surface area contributed by atoms with Crippen LogP contribution in [-0.4, -0.2) is 101 Å². The predicted octanol–water partition coefficient (Wildman–Crippen LogP) is 1.67. The number of hydrogen-bond acceptors (Lipinski definition) is 11. The van der Waals surface area contributed by atoms with E-state index >= 15 is 0 Å². The molecule has 2 aromatic rings. The van der Waals surface area contributed by atoms with Crippen molar-refractivity contribution in [3.05, 3.63) is 34.9 Å². The van der Waals surface area contributed by atoms with Gasteiger partial charge in [-0.3, -0.25) is 10.3 Å². The zero-order valence-electron chi connectivity index (χ0n) is 19.9. The van der Waals surface area contributed by atoms with Gasteiger partial charge < -0.3 is 19.1 Å². The van der Waals surface area contributed by atoms with Crippen LogP contribution in [0.2, 0.25) is 5.02 Å². The lowest BCUT2D eigenvalue weighted by Crippen LogP contribution is -2.39. The van der Waals surface area contributed by atoms with Gasteiger partial charge in [0.25, 0.3) is 0 Å². The van der Waals surface area contributed by atoms with Crippen molar-refractivity contribution >= 4 is 38.8 Å². The van der Waals surface area contributed by atoms with Crippen LogP contribution in [0.4, 0.5) is 11.6 Å². The smallest absolute Gasteiger partial charge is 0.320 e. The number of morpholine rings is 2. The van der Waals surface area contributed by atoms with Gasteiger partial charge in [-0.05, 0) is 18.2 Å². The standard InChI is InChI=1S/C23H29ClN6O5S/c24-17-1-2-20-18(15-17)19(3-14-36(20,31)32)27-28-21-16-22(30-7-11-34-12-8-30)26-23(25-21)35-13-6-29-4-9-33-10-5-29/h1-2,15-16H,3-14H2,(H,25,26,28). The number of anilines is 2. The maximum absolute atomic E-state index is 12.5. The fourth-order valence-corrected chi connectivity index (χ4v) is 5.94. The van der Waals surface area contributed by atoms with Crippen molar-refractivity contribution in [2.24, 2.45) is 5.10 Å². The van der Waals surface area contributed by atoms with E-state index in [0.29, 0.717) is 60.8 Å². The Hall–Kier alpha value is -2.51. The first-order valence-electron chi connectivity index (χ1n) is 12.0. The molecule has 194 valence electrons. The molecule has 0 amide bonds. The van der Waals surface area contributed by atoms with Crippen molar-refractivity contribution in [2.45, 2.75) is 11.3 Å². The largest absolute Gasteiger partial charge is 0.462 e. The highest BCUT2D eigenvalue weighted by atomic mass is 35.5. The Morgan fingerprint density at radius 2 is 1.81 bits per heavy atom.